The summed E-state index contributed by atoms with van der Waals surface area (Å²) < 4.78 is 0. The van der Waals surface area contributed by atoms with Gasteiger partial charge in [-0.15, -0.1) is 0 Å². The molecule has 4 rings (SSSR count). The van der Waals surface area contributed by atoms with E-state index in [1.54, 1.807) is 6.08 Å². The maximum absolute atomic E-state index is 12.3. The van der Waals surface area contributed by atoms with E-state index in [2.05, 4.69) is 6.07 Å². The molecule has 1 aliphatic carbocycles. The monoisotopic (exact) mass is 245 g/mol. The highest BCUT2D eigenvalue weighted by Crippen LogP contribution is 2.36. The number of carbonyl (C=O) groups is 1. The lowest BCUT2D eigenvalue weighted by Crippen LogP contribution is -2.04. The smallest absolute Gasteiger partial charge is 0.187 e. The van der Waals surface area contributed by atoms with Crippen LogP contribution in [-0.4, -0.2) is 5.78 Å². The molecule has 0 atom stereocenters. The lowest BCUT2D eigenvalue weighted by atomic mass is 9.87. The fourth-order valence-electron chi connectivity index (χ4n) is 2.87. The highest BCUT2D eigenvalue weighted by molar-refractivity contribution is 6.28. The van der Waals surface area contributed by atoms with E-state index in [4.69, 9.17) is 5.73 Å². The van der Waals surface area contributed by atoms with Crippen LogP contribution in [0.15, 0.2) is 48.5 Å². The first-order valence-corrected chi connectivity index (χ1v) is 6.22. The fraction of sp³-hybridized carbons (Fsp3) is 0. The average molecular weight is 245 g/mol. The van der Waals surface area contributed by atoms with Gasteiger partial charge in [0, 0.05) is 22.0 Å². The van der Waals surface area contributed by atoms with Gasteiger partial charge in [0.1, 0.15) is 0 Å². The number of carbonyl (C=O) groups excluding carboxylic acids is 1. The third-order valence-corrected chi connectivity index (χ3v) is 3.75. The largest absolute Gasteiger partial charge is 0.398 e. The van der Waals surface area contributed by atoms with Gasteiger partial charge in [-0.05, 0) is 34.5 Å². The average Bonchev–Trinajstić information content (AvgIpc) is 2.44. The molecule has 2 nitrogen and oxygen atoms in total. The highest BCUT2D eigenvalue weighted by atomic mass is 16.1. The highest BCUT2D eigenvalue weighted by Gasteiger charge is 2.19. The van der Waals surface area contributed by atoms with E-state index in [9.17, 15) is 4.79 Å². The predicted octanol–water partition coefficient (Wildman–Crippen LogP) is 3.78. The van der Waals surface area contributed by atoms with Crippen LogP contribution >= 0.6 is 0 Å². The van der Waals surface area contributed by atoms with E-state index in [0.29, 0.717) is 5.69 Å². The van der Waals surface area contributed by atoms with Gasteiger partial charge in [0.15, 0.2) is 5.78 Å². The van der Waals surface area contributed by atoms with Crippen LogP contribution in [0.25, 0.3) is 27.6 Å². The number of ketones is 1. The first-order valence-electron chi connectivity index (χ1n) is 6.22. The van der Waals surface area contributed by atoms with E-state index in [1.165, 1.54) is 0 Å². The first-order chi connectivity index (χ1) is 9.25. The van der Waals surface area contributed by atoms with Crippen molar-refractivity contribution in [2.24, 2.45) is 0 Å². The minimum absolute atomic E-state index is 0.0555. The lowest BCUT2D eigenvalue weighted by molar-refractivity contribution is 0.105. The molecule has 2 heteroatoms. The van der Waals surface area contributed by atoms with Gasteiger partial charge in [0.25, 0.3) is 0 Å². The Morgan fingerprint density at radius 3 is 2.63 bits per heavy atom. The van der Waals surface area contributed by atoms with Gasteiger partial charge < -0.3 is 5.73 Å². The molecular formula is C17H11NO. The molecule has 0 spiro atoms. The van der Waals surface area contributed by atoms with Gasteiger partial charge in [0.2, 0.25) is 0 Å². The molecule has 19 heavy (non-hydrogen) atoms. The number of anilines is 1. The van der Waals surface area contributed by atoms with Crippen LogP contribution < -0.4 is 5.73 Å². The molecule has 0 saturated heterocycles. The van der Waals surface area contributed by atoms with Crippen LogP contribution in [-0.2, 0) is 0 Å². The molecule has 0 bridgehead atoms. The Morgan fingerprint density at radius 1 is 0.895 bits per heavy atom. The molecular weight excluding hydrogens is 234 g/mol. The maximum Gasteiger partial charge on any atom is 0.187 e. The zero-order chi connectivity index (χ0) is 13.0. The van der Waals surface area contributed by atoms with Crippen LogP contribution in [0.4, 0.5) is 5.69 Å². The van der Waals surface area contributed by atoms with Crippen molar-refractivity contribution in [3.05, 3.63) is 59.7 Å². The molecule has 3 aromatic rings. The van der Waals surface area contributed by atoms with Crippen LogP contribution in [0.5, 0.6) is 0 Å². The lowest BCUT2D eigenvalue weighted by Gasteiger charge is -2.16. The van der Waals surface area contributed by atoms with Crippen molar-refractivity contribution in [3.8, 4) is 0 Å². The van der Waals surface area contributed by atoms with E-state index in [-0.39, 0.29) is 5.78 Å². The molecule has 3 aromatic carbocycles. The number of allylic oxidation sites excluding steroid dienone is 1. The Balaban J connectivity index is 2.38. The number of benzene rings is 3. The second-order valence-corrected chi connectivity index (χ2v) is 4.84. The molecule has 0 fully saturated rings. The minimum atomic E-state index is 0.0555. The fourth-order valence-corrected chi connectivity index (χ4v) is 2.87. The second-order valence-electron chi connectivity index (χ2n) is 4.84. The quantitative estimate of drug-likeness (QED) is 0.483. The van der Waals surface area contributed by atoms with Crippen LogP contribution in [0.2, 0.25) is 0 Å². The third-order valence-electron chi connectivity index (χ3n) is 3.75. The molecule has 0 amide bonds. The molecule has 90 valence electrons. The summed E-state index contributed by atoms with van der Waals surface area (Å²) in [5.74, 6) is 0.0555. The zero-order valence-electron chi connectivity index (χ0n) is 10.2. The van der Waals surface area contributed by atoms with Crippen LogP contribution in [0.3, 0.4) is 0 Å². The summed E-state index contributed by atoms with van der Waals surface area (Å²) in [5, 5.41) is 3.99. The second kappa shape index (κ2) is 3.45. The van der Waals surface area contributed by atoms with Crippen molar-refractivity contribution in [2.45, 2.75) is 0 Å². The van der Waals surface area contributed by atoms with Gasteiger partial charge in [-0.25, -0.2) is 0 Å². The Labute approximate surface area is 110 Å². The van der Waals surface area contributed by atoms with Crippen molar-refractivity contribution in [1.82, 2.24) is 0 Å². The van der Waals surface area contributed by atoms with Crippen LogP contribution in [0, 0.1) is 0 Å². The molecule has 1 aliphatic rings. The number of rotatable bonds is 0. The van der Waals surface area contributed by atoms with Crippen molar-refractivity contribution in [2.75, 3.05) is 5.73 Å². The SMILES string of the molecule is Nc1ccc2c3c(c4ccccc4cc13)C(=O)C=C2. The molecule has 2 N–H and O–H groups in total. The molecule has 0 aromatic heterocycles. The minimum Gasteiger partial charge on any atom is -0.398 e. The Morgan fingerprint density at radius 2 is 1.74 bits per heavy atom. The Hall–Kier alpha value is -2.61. The summed E-state index contributed by atoms with van der Waals surface area (Å²) in [4.78, 5) is 12.3. The van der Waals surface area contributed by atoms with Crippen molar-refractivity contribution >= 4 is 39.1 Å². The standard InChI is InChI=1S/C17H11NO/c18-14-7-5-10-6-8-15(19)17-12-4-2-1-3-11(12)9-13(14)16(10)17/h1-9H,18H2. The van der Waals surface area contributed by atoms with Gasteiger partial charge in [0.05, 0.1) is 0 Å². The normalized spacial score (nSPS) is 13.4. The number of fused-ring (bicyclic) bond motifs is 2. The number of hydrogen-bond donors (Lipinski definition) is 1. The maximum atomic E-state index is 12.3. The third kappa shape index (κ3) is 1.28. The van der Waals surface area contributed by atoms with Gasteiger partial charge in [-0.1, -0.05) is 36.4 Å². The summed E-state index contributed by atoms with van der Waals surface area (Å²) in [5.41, 5.74) is 8.63. The molecule has 0 unspecified atom stereocenters. The number of nitrogens with two attached hydrogens (primary N) is 1. The summed E-state index contributed by atoms with van der Waals surface area (Å²) >= 11 is 0. The van der Waals surface area contributed by atoms with E-state index in [0.717, 1.165) is 32.7 Å². The van der Waals surface area contributed by atoms with E-state index >= 15 is 0 Å². The number of hydrogen-bond acceptors (Lipinski definition) is 2. The van der Waals surface area contributed by atoms with Crippen molar-refractivity contribution in [3.63, 3.8) is 0 Å². The van der Waals surface area contributed by atoms with Crippen molar-refractivity contribution in [1.29, 1.82) is 0 Å². The number of nitrogen functional groups attached to an aromatic ring is 1. The van der Waals surface area contributed by atoms with Gasteiger partial charge in [-0.2, -0.15) is 0 Å². The first kappa shape index (κ1) is 10.3. The van der Waals surface area contributed by atoms with Crippen molar-refractivity contribution < 1.29 is 4.79 Å². The predicted molar refractivity (Wildman–Crippen MR) is 79.2 cm³/mol. The summed E-state index contributed by atoms with van der Waals surface area (Å²) in [7, 11) is 0. The topological polar surface area (TPSA) is 43.1 Å². The summed E-state index contributed by atoms with van der Waals surface area (Å²) in [6.07, 6.45) is 3.51. The molecule has 0 aliphatic heterocycles. The molecule has 0 saturated carbocycles. The Kier molecular flexibility index (Phi) is 1.88. The molecule has 0 radical (unpaired) electrons. The molecule has 0 heterocycles. The van der Waals surface area contributed by atoms with Gasteiger partial charge >= 0.3 is 0 Å². The zero-order valence-corrected chi connectivity index (χ0v) is 10.2. The summed E-state index contributed by atoms with van der Waals surface area (Å²) in [6.45, 7) is 0. The summed E-state index contributed by atoms with van der Waals surface area (Å²) in [6, 6.07) is 13.9. The van der Waals surface area contributed by atoms with E-state index < -0.39 is 0 Å². The van der Waals surface area contributed by atoms with Gasteiger partial charge in [-0.3, -0.25) is 4.79 Å². The van der Waals surface area contributed by atoms with E-state index in [1.807, 2.05) is 42.5 Å². The van der Waals surface area contributed by atoms with Crippen LogP contribution in [0.1, 0.15) is 15.9 Å². The Bertz CT molecular complexity index is 891.